The zero-order valence-electron chi connectivity index (χ0n) is 7.66. The lowest BCUT2D eigenvalue weighted by Crippen LogP contribution is -2.19. The van der Waals surface area contributed by atoms with E-state index in [-0.39, 0.29) is 6.04 Å². The first-order valence-corrected chi connectivity index (χ1v) is 5.48. The normalized spacial score (nSPS) is 21.5. The Morgan fingerprint density at radius 2 is 2.23 bits per heavy atom. The Bertz CT molecular complexity index is 293. The molecule has 1 aliphatic rings. The molecule has 0 bridgehead atoms. The molecule has 2 unspecified atom stereocenters. The van der Waals surface area contributed by atoms with Gasteiger partial charge in [0.25, 0.3) is 0 Å². The van der Waals surface area contributed by atoms with Crippen molar-refractivity contribution in [3.05, 3.63) is 22.6 Å². The molecule has 0 saturated heterocycles. The van der Waals surface area contributed by atoms with Gasteiger partial charge in [-0.25, -0.2) is 0 Å². The largest absolute Gasteiger partial charge is 0.453 e. The molecule has 0 radical (unpaired) electrons. The van der Waals surface area contributed by atoms with Crippen molar-refractivity contribution in [3.63, 3.8) is 0 Å². The molecular formula is C10H14BrNO. The van der Waals surface area contributed by atoms with Crippen LogP contribution in [0, 0.1) is 11.8 Å². The number of halogens is 1. The van der Waals surface area contributed by atoms with E-state index in [1.54, 1.807) is 0 Å². The molecule has 2 rings (SSSR count). The Hall–Kier alpha value is -0.280. The van der Waals surface area contributed by atoms with Crippen molar-refractivity contribution in [3.8, 4) is 0 Å². The van der Waals surface area contributed by atoms with E-state index in [9.17, 15) is 0 Å². The number of nitrogens with two attached hydrogens (primary N) is 1. The fourth-order valence-corrected chi connectivity index (χ4v) is 2.00. The number of rotatable bonds is 3. The van der Waals surface area contributed by atoms with E-state index in [0.29, 0.717) is 5.92 Å². The average Bonchev–Trinajstić information content (AvgIpc) is 2.87. The summed E-state index contributed by atoms with van der Waals surface area (Å²) in [5, 5.41) is 0. The predicted octanol–water partition coefficient (Wildman–Crippen LogP) is 3.09. The van der Waals surface area contributed by atoms with E-state index in [2.05, 4.69) is 22.9 Å². The molecule has 1 heterocycles. The molecule has 1 saturated carbocycles. The van der Waals surface area contributed by atoms with Gasteiger partial charge in [0.2, 0.25) is 0 Å². The summed E-state index contributed by atoms with van der Waals surface area (Å²) < 4.78 is 6.20. The van der Waals surface area contributed by atoms with Crippen LogP contribution in [0.2, 0.25) is 0 Å². The Balaban J connectivity index is 2.06. The van der Waals surface area contributed by atoms with Crippen molar-refractivity contribution >= 4 is 15.9 Å². The van der Waals surface area contributed by atoms with Gasteiger partial charge in [-0.05, 0) is 52.7 Å². The highest BCUT2D eigenvalue weighted by molar-refractivity contribution is 9.10. The maximum Gasteiger partial charge on any atom is 0.169 e. The summed E-state index contributed by atoms with van der Waals surface area (Å²) >= 11 is 3.28. The van der Waals surface area contributed by atoms with Gasteiger partial charge in [-0.2, -0.15) is 0 Å². The standard InChI is InChI=1S/C10H14BrNO/c1-6(7-2-3-7)10(12)8-4-5-9(11)13-8/h4-7,10H,2-3,12H2,1H3. The predicted molar refractivity (Wildman–Crippen MR) is 55.2 cm³/mol. The lowest BCUT2D eigenvalue weighted by molar-refractivity contribution is 0.348. The maximum absolute atomic E-state index is 6.08. The van der Waals surface area contributed by atoms with Crippen LogP contribution in [-0.2, 0) is 0 Å². The lowest BCUT2D eigenvalue weighted by Gasteiger charge is -2.16. The molecule has 13 heavy (non-hydrogen) atoms. The van der Waals surface area contributed by atoms with Crippen LogP contribution in [0.15, 0.2) is 21.2 Å². The summed E-state index contributed by atoms with van der Waals surface area (Å²) in [5.74, 6) is 2.25. The highest BCUT2D eigenvalue weighted by Gasteiger charge is 2.33. The third kappa shape index (κ3) is 1.97. The summed E-state index contributed by atoms with van der Waals surface area (Å²) in [6, 6.07) is 3.90. The van der Waals surface area contributed by atoms with Gasteiger partial charge < -0.3 is 10.2 Å². The highest BCUT2D eigenvalue weighted by atomic mass is 79.9. The first kappa shape index (κ1) is 9.28. The fraction of sp³-hybridized carbons (Fsp3) is 0.600. The third-order valence-corrected chi connectivity index (χ3v) is 3.28. The Morgan fingerprint density at radius 1 is 1.54 bits per heavy atom. The van der Waals surface area contributed by atoms with Crippen LogP contribution in [0.1, 0.15) is 31.6 Å². The van der Waals surface area contributed by atoms with Crippen molar-refractivity contribution < 1.29 is 4.42 Å². The van der Waals surface area contributed by atoms with Crippen molar-refractivity contribution in [2.24, 2.45) is 17.6 Å². The molecule has 0 aromatic carbocycles. The topological polar surface area (TPSA) is 39.2 Å². The smallest absolute Gasteiger partial charge is 0.169 e. The Labute approximate surface area is 86.6 Å². The molecular weight excluding hydrogens is 230 g/mol. The summed E-state index contributed by atoms with van der Waals surface area (Å²) in [6.07, 6.45) is 2.66. The Morgan fingerprint density at radius 3 is 2.69 bits per heavy atom. The van der Waals surface area contributed by atoms with Gasteiger partial charge in [0.05, 0.1) is 6.04 Å². The van der Waals surface area contributed by atoms with Crippen LogP contribution < -0.4 is 5.73 Å². The summed E-state index contributed by atoms with van der Waals surface area (Å²) in [5.41, 5.74) is 6.08. The fourth-order valence-electron chi connectivity index (χ4n) is 1.68. The molecule has 0 amide bonds. The molecule has 72 valence electrons. The van der Waals surface area contributed by atoms with E-state index in [4.69, 9.17) is 10.2 Å². The van der Waals surface area contributed by atoms with Crippen LogP contribution in [-0.4, -0.2) is 0 Å². The second-order valence-electron chi connectivity index (χ2n) is 3.86. The number of hydrogen-bond acceptors (Lipinski definition) is 2. The second-order valence-corrected chi connectivity index (χ2v) is 4.65. The molecule has 2 atom stereocenters. The van der Waals surface area contributed by atoms with E-state index in [0.717, 1.165) is 16.3 Å². The van der Waals surface area contributed by atoms with Crippen LogP contribution in [0.5, 0.6) is 0 Å². The minimum Gasteiger partial charge on any atom is -0.453 e. The first-order valence-electron chi connectivity index (χ1n) is 4.69. The van der Waals surface area contributed by atoms with Gasteiger partial charge in [0.15, 0.2) is 4.67 Å². The van der Waals surface area contributed by atoms with E-state index in [1.807, 2.05) is 12.1 Å². The summed E-state index contributed by atoms with van der Waals surface area (Å²) in [4.78, 5) is 0. The zero-order valence-corrected chi connectivity index (χ0v) is 9.25. The van der Waals surface area contributed by atoms with E-state index in [1.165, 1.54) is 12.8 Å². The quantitative estimate of drug-likeness (QED) is 0.887. The van der Waals surface area contributed by atoms with E-state index >= 15 is 0 Å². The molecule has 0 aliphatic heterocycles. The average molecular weight is 244 g/mol. The minimum absolute atomic E-state index is 0.0544. The van der Waals surface area contributed by atoms with Crippen molar-refractivity contribution in [2.75, 3.05) is 0 Å². The third-order valence-electron chi connectivity index (χ3n) is 2.85. The summed E-state index contributed by atoms with van der Waals surface area (Å²) in [7, 11) is 0. The van der Waals surface area contributed by atoms with Crippen LogP contribution in [0.3, 0.4) is 0 Å². The molecule has 2 nitrogen and oxygen atoms in total. The zero-order chi connectivity index (χ0) is 9.42. The molecule has 3 heteroatoms. The molecule has 1 fully saturated rings. The molecule has 0 spiro atoms. The number of hydrogen-bond donors (Lipinski definition) is 1. The van der Waals surface area contributed by atoms with Gasteiger partial charge in [-0.1, -0.05) is 6.92 Å². The van der Waals surface area contributed by atoms with E-state index < -0.39 is 0 Å². The van der Waals surface area contributed by atoms with Gasteiger partial charge in [-0.15, -0.1) is 0 Å². The molecule has 2 N–H and O–H groups in total. The van der Waals surface area contributed by atoms with Gasteiger partial charge in [0, 0.05) is 0 Å². The second kappa shape index (κ2) is 3.46. The number of furan rings is 1. The lowest BCUT2D eigenvalue weighted by atomic mass is 9.96. The van der Waals surface area contributed by atoms with Crippen molar-refractivity contribution in [1.82, 2.24) is 0 Å². The highest BCUT2D eigenvalue weighted by Crippen LogP contribution is 2.42. The maximum atomic E-state index is 6.08. The molecule has 1 aromatic heterocycles. The Kier molecular flexibility index (Phi) is 2.47. The molecule has 1 aromatic rings. The van der Waals surface area contributed by atoms with Gasteiger partial charge in [-0.3, -0.25) is 0 Å². The van der Waals surface area contributed by atoms with Gasteiger partial charge >= 0.3 is 0 Å². The van der Waals surface area contributed by atoms with Crippen LogP contribution in [0.25, 0.3) is 0 Å². The molecule has 1 aliphatic carbocycles. The summed E-state index contributed by atoms with van der Waals surface area (Å²) in [6.45, 7) is 2.21. The first-order chi connectivity index (χ1) is 6.18. The van der Waals surface area contributed by atoms with Gasteiger partial charge in [0.1, 0.15) is 5.76 Å². The van der Waals surface area contributed by atoms with Crippen LogP contribution >= 0.6 is 15.9 Å². The van der Waals surface area contributed by atoms with Crippen molar-refractivity contribution in [1.29, 1.82) is 0 Å². The monoisotopic (exact) mass is 243 g/mol. The van der Waals surface area contributed by atoms with Crippen LogP contribution in [0.4, 0.5) is 0 Å². The minimum atomic E-state index is 0.0544. The SMILES string of the molecule is CC(C1CC1)C(N)c1ccc(Br)o1. The van der Waals surface area contributed by atoms with Crippen molar-refractivity contribution in [2.45, 2.75) is 25.8 Å².